The van der Waals surface area contributed by atoms with Crippen LogP contribution >= 0.6 is 0 Å². The molecule has 0 atom stereocenters. The highest BCUT2D eigenvalue weighted by molar-refractivity contribution is 5.92. The van der Waals surface area contributed by atoms with Crippen molar-refractivity contribution in [2.24, 2.45) is 0 Å². The fourth-order valence-electron chi connectivity index (χ4n) is 2.23. The number of rotatable bonds is 3. The fraction of sp³-hybridized carbons (Fsp3) is 0.308. The summed E-state index contributed by atoms with van der Waals surface area (Å²) in [6.45, 7) is 3.49. The molecule has 3 N–H and O–H groups in total. The fourth-order valence-corrected chi connectivity index (χ4v) is 2.23. The average molecular weight is 277 g/mol. The first-order chi connectivity index (χ1) is 9.31. The van der Waals surface area contributed by atoms with Crippen LogP contribution in [0.1, 0.15) is 11.1 Å². The van der Waals surface area contributed by atoms with Gasteiger partial charge in [0.2, 0.25) is 0 Å². The number of aromatic amines is 2. The number of likely N-dealkylation sites (N-methyl/N-ethyl adjacent to an activating group) is 1. The lowest BCUT2D eigenvalue weighted by Crippen LogP contribution is -2.31. The van der Waals surface area contributed by atoms with E-state index >= 15 is 0 Å². The van der Waals surface area contributed by atoms with Gasteiger partial charge in [-0.15, -0.1) is 0 Å². The van der Waals surface area contributed by atoms with Gasteiger partial charge in [0.1, 0.15) is 6.54 Å². The van der Waals surface area contributed by atoms with Gasteiger partial charge in [0, 0.05) is 7.05 Å². The first-order valence-electron chi connectivity index (χ1n) is 6.00. The monoisotopic (exact) mass is 277 g/mol. The number of carboxylic acid groups (broad SMARTS) is 1. The van der Waals surface area contributed by atoms with Gasteiger partial charge in [0.15, 0.2) is 0 Å². The number of hydrogen-bond donors (Lipinski definition) is 3. The Morgan fingerprint density at radius 3 is 2.45 bits per heavy atom. The Morgan fingerprint density at radius 1 is 1.25 bits per heavy atom. The Morgan fingerprint density at radius 2 is 1.85 bits per heavy atom. The maximum atomic E-state index is 11.5. The topological polar surface area (TPSA) is 106 Å². The van der Waals surface area contributed by atoms with Crippen LogP contribution in [0, 0.1) is 13.8 Å². The molecule has 1 heterocycles. The van der Waals surface area contributed by atoms with E-state index in [-0.39, 0.29) is 6.54 Å². The highest BCUT2D eigenvalue weighted by atomic mass is 16.4. The van der Waals surface area contributed by atoms with Crippen LogP contribution in [-0.4, -0.2) is 34.6 Å². The minimum absolute atomic E-state index is 0.208. The summed E-state index contributed by atoms with van der Waals surface area (Å²) < 4.78 is 0. The molecule has 20 heavy (non-hydrogen) atoms. The molecule has 0 aliphatic heterocycles. The van der Waals surface area contributed by atoms with E-state index in [2.05, 4.69) is 9.97 Å². The number of benzene rings is 1. The summed E-state index contributed by atoms with van der Waals surface area (Å²) in [6, 6.07) is 1.75. The maximum absolute atomic E-state index is 11.5. The van der Waals surface area contributed by atoms with Gasteiger partial charge < -0.3 is 20.0 Å². The van der Waals surface area contributed by atoms with E-state index in [1.54, 1.807) is 13.1 Å². The molecule has 1 aromatic heterocycles. The number of nitrogens with one attached hydrogen (secondary N) is 2. The minimum atomic E-state index is -0.978. The number of H-pyrrole nitrogens is 2. The second-order valence-electron chi connectivity index (χ2n) is 4.75. The van der Waals surface area contributed by atoms with Gasteiger partial charge in [-0.2, -0.15) is 0 Å². The summed E-state index contributed by atoms with van der Waals surface area (Å²) in [5, 5.41) is 8.90. The van der Waals surface area contributed by atoms with Crippen LogP contribution in [0.15, 0.2) is 15.7 Å². The van der Waals surface area contributed by atoms with Crippen molar-refractivity contribution >= 4 is 22.7 Å². The zero-order chi connectivity index (χ0) is 15.0. The van der Waals surface area contributed by atoms with Crippen LogP contribution in [0.2, 0.25) is 0 Å². The molecule has 7 nitrogen and oxygen atoms in total. The zero-order valence-electron chi connectivity index (χ0n) is 11.4. The normalized spacial score (nSPS) is 10.8. The van der Waals surface area contributed by atoms with Crippen molar-refractivity contribution in [3.63, 3.8) is 0 Å². The van der Waals surface area contributed by atoms with Gasteiger partial charge >= 0.3 is 17.1 Å². The van der Waals surface area contributed by atoms with Crippen molar-refractivity contribution in [3.05, 3.63) is 37.9 Å². The number of anilines is 1. The Bertz CT molecular complexity index is 804. The van der Waals surface area contributed by atoms with E-state index < -0.39 is 17.1 Å². The lowest BCUT2D eigenvalue weighted by atomic mass is 10.0. The second-order valence-corrected chi connectivity index (χ2v) is 4.75. The predicted molar refractivity (Wildman–Crippen MR) is 75.6 cm³/mol. The molecule has 7 heteroatoms. The van der Waals surface area contributed by atoms with E-state index in [1.165, 1.54) is 4.90 Å². The molecule has 106 valence electrons. The third kappa shape index (κ3) is 2.29. The molecular weight excluding hydrogens is 262 g/mol. The highest BCUT2D eigenvalue weighted by Gasteiger charge is 2.16. The number of fused-ring (bicyclic) bond motifs is 1. The van der Waals surface area contributed by atoms with E-state index in [1.807, 2.05) is 13.8 Å². The van der Waals surface area contributed by atoms with Gasteiger partial charge in [-0.1, -0.05) is 0 Å². The first kappa shape index (κ1) is 13.9. The summed E-state index contributed by atoms with van der Waals surface area (Å²) >= 11 is 0. The van der Waals surface area contributed by atoms with Crippen molar-refractivity contribution in [1.82, 2.24) is 9.97 Å². The van der Waals surface area contributed by atoms with Crippen LogP contribution in [0.5, 0.6) is 0 Å². The van der Waals surface area contributed by atoms with Crippen molar-refractivity contribution in [2.75, 3.05) is 18.5 Å². The summed E-state index contributed by atoms with van der Waals surface area (Å²) in [7, 11) is 1.62. The van der Waals surface area contributed by atoms with Crippen LogP contribution in [0.4, 0.5) is 5.69 Å². The van der Waals surface area contributed by atoms with Crippen LogP contribution in [0.25, 0.3) is 11.0 Å². The first-order valence-corrected chi connectivity index (χ1v) is 6.00. The minimum Gasteiger partial charge on any atom is -0.480 e. The maximum Gasteiger partial charge on any atom is 0.323 e. The zero-order valence-corrected chi connectivity index (χ0v) is 11.4. The van der Waals surface area contributed by atoms with Gasteiger partial charge in [-0.25, -0.2) is 0 Å². The predicted octanol–water partition coefficient (Wildman–Crippen LogP) is 0.354. The highest BCUT2D eigenvalue weighted by Crippen LogP contribution is 2.29. The third-order valence-corrected chi connectivity index (χ3v) is 3.26. The van der Waals surface area contributed by atoms with Gasteiger partial charge in [-0.3, -0.25) is 14.4 Å². The number of carboxylic acids is 1. The Hall–Kier alpha value is -2.57. The molecule has 0 saturated carbocycles. The molecule has 0 amide bonds. The second kappa shape index (κ2) is 4.84. The van der Waals surface area contributed by atoms with Crippen molar-refractivity contribution in [3.8, 4) is 0 Å². The molecular formula is C13H15N3O4. The summed E-state index contributed by atoms with van der Waals surface area (Å²) in [5.74, 6) is -0.978. The quantitative estimate of drug-likeness (QED) is 0.702. The number of aliphatic carboxylic acids is 1. The number of nitrogens with zero attached hydrogens (tertiary/aromatic N) is 1. The number of hydrogen-bond acceptors (Lipinski definition) is 4. The smallest absolute Gasteiger partial charge is 0.323 e. The molecule has 2 rings (SSSR count). The number of carbonyl (C=O) groups is 1. The molecule has 0 aliphatic carbocycles. The lowest BCUT2D eigenvalue weighted by Gasteiger charge is -2.22. The van der Waals surface area contributed by atoms with Crippen LogP contribution in [-0.2, 0) is 4.79 Å². The molecule has 0 fully saturated rings. The van der Waals surface area contributed by atoms with Crippen molar-refractivity contribution in [1.29, 1.82) is 0 Å². The Balaban J connectivity index is 2.82. The molecule has 0 spiro atoms. The van der Waals surface area contributed by atoms with E-state index in [0.717, 1.165) is 11.1 Å². The molecule has 0 bridgehead atoms. The SMILES string of the molecule is Cc1cc2[nH]c(=O)c(=O)[nH]c2c(N(C)CC(=O)O)c1C. The molecule has 2 aromatic rings. The molecule has 0 unspecified atom stereocenters. The van der Waals surface area contributed by atoms with Crippen molar-refractivity contribution in [2.45, 2.75) is 13.8 Å². The lowest BCUT2D eigenvalue weighted by molar-refractivity contribution is -0.135. The molecule has 0 radical (unpaired) electrons. The molecule has 1 aromatic carbocycles. The van der Waals surface area contributed by atoms with Crippen LogP contribution < -0.4 is 16.0 Å². The third-order valence-electron chi connectivity index (χ3n) is 3.26. The van der Waals surface area contributed by atoms with Gasteiger partial charge in [0.05, 0.1) is 16.7 Å². The number of aromatic nitrogens is 2. The summed E-state index contributed by atoms with van der Waals surface area (Å²) in [6.07, 6.45) is 0. The average Bonchev–Trinajstić information content (AvgIpc) is 2.32. The Kier molecular flexibility index (Phi) is 3.35. The summed E-state index contributed by atoms with van der Waals surface area (Å²) in [5.41, 5.74) is 1.76. The summed E-state index contributed by atoms with van der Waals surface area (Å²) in [4.78, 5) is 40.3. The van der Waals surface area contributed by atoms with E-state index in [4.69, 9.17) is 5.11 Å². The van der Waals surface area contributed by atoms with E-state index in [0.29, 0.717) is 16.7 Å². The number of aryl methyl sites for hydroxylation is 1. The van der Waals surface area contributed by atoms with E-state index in [9.17, 15) is 14.4 Å². The standard InChI is InChI=1S/C13H15N3O4/c1-6-4-8-10(15-13(20)12(19)14-8)11(7(6)2)16(3)5-9(17)18/h4H,5H2,1-3H3,(H,14,19)(H,15,20)(H,17,18). The Labute approximate surface area is 113 Å². The molecule has 0 aliphatic rings. The van der Waals surface area contributed by atoms with Crippen molar-refractivity contribution < 1.29 is 9.90 Å². The van der Waals surface area contributed by atoms with Crippen LogP contribution in [0.3, 0.4) is 0 Å². The largest absolute Gasteiger partial charge is 0.480 e. The molecule has 0 saturated heterocycles. The van der Waals surface area contributed by atoms with Gasteiger partial charge in [-0.05, 0) is 31.0 Å². The van der Waals surface area contributed by atoms with Gasteiger partial charge in [0.25, 0.3) is 0 Å².